The van der Waals surface area contributed by atoms with Crippen molar-refractivity contribution in [2.24, 2.45) is 11.7 Å². The van der Waals surface area contributed by atoms with E-state index in [0.29, 0.717) is 18.7 Å². The molecule has 1 atom stereocenters. The topological polar surface area (TPSA) is 76.5 Å². The average molecular weight is 314 g/mol. The van der Waals surface area contributed by atoms with E-state index in [-0.39, 0.29) is 17.5 Å². The van der Waals surface area contributed by atoms with Gasteiger partial charge in [0.15, 0.2) is 0 Å². The Hall–Kier alpha value is -2.14. The molecular formula is C18H22N2O3. The van der Waals surface area contributed by atoms with Gasteiger partial charge in [-0.15, -0.1) is 0 Å². The Morgan fingerprint density at radius 1 is 1.39 bits per heavy atom. The monoisotopic (exact) mass is 314 g/mol. The van der Waals surface area contributed by atoms with E-state index in [2.05, 4.69) is 17.9 Å². The van der Waals surface area contributed by atoms with Crippen molar-refractivity contribution < 1.29 is 9.21 Å². The molecular weight excluding hydrogens is 292 g/mol. The predicted octanol–water partition coefficient (Wildman–Crippen LogP) is 2.05. The Morgan fingerprint density at radius 2 is 2.22 bits per heavy atom. The van der Waals surface area contributed by atoms with Crippen LogP contribution in [-0.4, -0.2) is 23.9 Å². The number of rotatable bonds is 4. The summed E-state index contributed by atoms with van der Waals surface area (Å²) in [5.41, 5.74) is 7.90. The van der Waals surface area contributed by atoms with Crippen LogP contribution in [0.4, 0.5) is 0 Å². The van der Waals surface area contributed by atoms with Crippen LogP contribution in [0.3, 0.4) is 0 Å². The standard InChI is InChI=1S/C18H22N2O3/c1-2-12-5-6-16-15(8-12)14(9-17(21)23-16)11-20-7-3-4-13(10-20)18(19)22/h5-6,8-9,13H,2-4,7,10-11H2,1H3,(H2,19,22). The van der Waals surface area contributed by atoms with Gasteiger partial charge in [-0.05, 0) is 49.1 Å². The average Bonchev–Trinajstić information content (AvgIpc) is 2.54. The second-order valence-corrected chi connectivity index (χ2v) is 6.25. The van der Waals surface area contributed by atoms with E-state index in [4.69, 9.17) is 10.2 Å². The molecule has 2 heterocycles. The van der Waals surface area contributed by atoms with E-state index >= 15 is 0 Å². The number of primary amides is 1. The molecule has 1 aliphatic heterocycles. The number of aryl methyl sites for hydroxylation is 1. The fourth-order valence-electron chi connectivity index (χ4n) is 3.30. The van der Waals surface area contributed by atoms with Gasteiger partial charge in [0.05, 0.1) is 5.92 Å². The van der Waals surface area contributed by atoms with Gasteiger partial charge in [0.25, 0.3) is 0 Å². The predicted molar refractivity (Wildman–Crippen MR) is 89.1 cm³/mol. The zero-order chi connectivity index (χ0) is 16.4. The third-order valence-electron chi connectivity index (χ3n) is 4.60. The Morgan fingerprint density at radius 3 is 2.96 bits per heavy atom. The molecule has 3 rings (SSSR count). The number of fused-ring (bicyclic) bond motifs is 1. The first-order valence-electron chi connectivity index (χ1n) is 8.14. The van der Waals surface area contributed by atoms with Crippen molar-refractivity contribution in [1.82, 2.24) is 4.90 Å². The molecule has 0 radical (unpaired) electrons. The Labute approximate surface area is 135 Å². The molecule has 5 heteroatoms. The van der Waals surface area contributed by atoms with Crippen molar-refractivity contribution in [2.45, 2.75) is 32.7 Å². The molecule has 0 spiro atoms. The van der Waals surface area contributed by atoms with Crippen LogP contribution in [0.25, 0.3) is 11.0 Å². The number of carbonyl (C=O) groups is 1. The number of nitrogens with zero attached hydrogens (tertiary/aromatic N) is 1. The van der Waals surface area contributed by atoms with Crippen LogP contribution in [0.1, 0.15) is 30.9 Å². The number of likely N-dealkylation sites (tertiary alicyclic amines) is 1. The molecule has 5 nitrogen and oxygen atoms in total. The molecule has 0 bridgehead atoms. The quantitative estimate of drug-likeness (QED) is 0.876. The summed E-state index contributed by atoms with van der Waals surface area (Å²) in [5.74, 6) is -0.332. The number of piperidine rings is 1. The van der Waals surface area contributed by atoms with E-state index in [1.165, 1.54) is 5.56 Å². The summed E-state index contributed by atoms with van der Waals surface area (Å²) in [6.45, 7) is 4.31. The second kappa shape index (κ2) is 6.54. The van der Waals surface area contributed by atoms with Crippen molar-refractivity contribution >= 4 is 16.9 Å². The van der Waals surface area contributed by atoms with Gasteiger partial charge in [0.2, 0.25) is 5.91 Å². The first kappa shape index (κ1) is 15.7. The van der Waals surface area contributed by atoms with Gasteiger partial charge in [-0.1, -0.05) is 13.0 Å². The summed E-state index contributed by atoms with van der Waals surface area (Å²) in [4.78, 5) is 25.4. The fraction of sp³-hybridized carbons (Fsp3) is 0.444. The second-order valence-electron chi connectivity index (χ2n) is 6.25. The lowest BCUT2D eigenvalue weighted by molar-refractivity contribution is -0.123. The molecule has 1 unspecified atom stereocenters. The maximum Gasteiger partial charge on any atom is 0.336 e. The maximum absolute atomic E-state index is 11.8. The molecule has 1 aromatic carbocycles. The van der Waals surface area contributed by atoms with E-state index in [0.717, 1.165) is 36.8 Å². The van der Waals surface area contributed by atoms with Crippen LogP contribution in [0.2, 0.25) is 0 Å². The number of hydrogen-bond donors (Lipinski definition) is 1. The minimum absolute atomic E-state index is 0.0960. The lowest BCUT2D eigenvalue weighted by atomic mass is 9.96. The van der Waals surface area contributed by atoms with Crippen LogP contribution < -0.4 is 11.4 Å². The van der Waals surface area contributed by atoms with Crippen molar-refractivity contribution in [3.63, 3.8) is 0 Å². The van der Waals surface area contributed by atoms with Crippen LogP contribution in [0.5, 0.6) is 0 Å². The highest BCUT2D eigenvalue weighted by Gasteiger charge is 2.24. The van der Waals surface area contributed by atoms with Crippen molar-refractivity contribution in [3.8, 4) is 0 Å². The van der Waals surface area contributed by atoms with E-state index in [9.17, 15) is 9.59 Å². The summed E-state index contributed by atoms with van der Waals surface area (Å²) >= 11 is 0. The Kier molecular flexibility index (Phi) is 4.48. The Balaban J connectivity index is 1.92. The fourth-order valence-corrected chi connectivity index (χ4v) is 3.30. The molecule has 1 saturated heterocycles. The van der Waals surface area contributed by atoms with Gasteiger partial charge < -0.3 is 10.2 Å². The van der Waals surface area contributed by atoms with Gasteiger partial charge in [-0.25, -0.2) is 4.79 Å². The molecule has 1 fully saturated rings. The number of hydrogen-bond acceptors (Lipinski definition) is 4. The van der Waals surface area contributed by atoms with Crippen molar-refractivity contribution in [3.05, 3.63) is 45.8 Å². The number of nitrogens with two attached hydrogens (primary N) is 1. The lowest BCUT2D eigenvalue weighted by Crippen LogP contribution is -2.40. The number of carbonyl (C=O) groups excluding carboxylic acids is 1. The molecule has 2 N–H and O–H groups in total. The highest BCUT2D eigenvalue weighted by atomic mass is 16.4. The minimum Gasteiger partial charge on any atom is -0.423 e. The maximum atomic E-state index is 11.8. The molecule has 1 aromatic heterocycles. The van der Waals surface area contributed by atoms with Crippen LogP contribution in [-0.2, 0) is 17.8 Å². The van der Waals surface area contributed by atoms with Gasteiger partial charge in [-0.2, -0.15) is 0 Å². The summed E-state index contributed by atoms with van der Waals surface area (Å²) < 4.78 is 5.30. The normalized spacial score (nSPS) is 19.1. The minimum atomic E-state index is -0.333. The first-order chi connectivity index (χ1) is 11.1. The molecule has 1 amide bonds. The summed E-state index contributed by atoms with van der Waals surface area (Å²) in [7, 11) is 0. The van der Waals surface area contributed by atoms with Crippen LogP contribution >= 0.6 is 0 Å². The third-order valence-corrected chi connectivity index (χ3v) is 4.60. The zero-order valence-corrected chi connectivity index (χ0v) is 13.4. The molecule has 2 aromatic rings. The molecule has 122 valence electrons. The van der Waals surface area contributed by atoms with Gasteiger partial charge in [0, 0.05) is 24.5 Å². The number of amides is 1. The van der Waals surface area contributed by atoms with Gasteiger partial charge >= 0.3 is 5.63 Å². The first-order valence-corrected chi connectivity index (χ1v) is 8.14. The molecule has 23 heavy (non-hydrogen) atoms. The van der Waals surface area contributed by atoms with Gasteiger partial charge in [0.1, 0.15) is 5.58 Å². The molecule has 0 aliphatic carbocycles. The van der Waals surface area contributed by atoms with Crippen molar-refractivity contribution in [2.75, 3.05) is 13.1 Å². The number of benzene rings is 1. The van der Waals surface area contributed by atoms with Gasteiger partial charge in [-0.3, -0.25) is 9.69 Å². The molecule has 0 saturated carbocycles. The molecule has 1 aliphatic rings. The van der Waals surface area contributed by atoms with Crippen LogP contribution in [0, 0.1) is 5.92 Å². The zero-order valence-electron chi connectivity index (χ0n) is 13.4. The third kappa shape index (κ3) is 3.45. The smallest absolute Gasteiger partial charge is 0.336 e. The van der Waals surface area contributed by atoms with Crippen molar-refractivity contribution in [1.29, 1.82) is 0 Å². The SMILES string of the molecule is CCc1ccc2oc(=O)cc(CN3CCCC(C(N)=O)C3)c2c1. The highest BCUT2D eigenvalue weighted by molar-refractivity contribution is 5.81. The lowest BCUT2D eigenvalue weighted by Gasteiger charge is -2.31. The Bertz CT molecular complexity index is 781. The van der Waals surface area contributed by atoms with E-state index in [1.54, 1.807) is 6.07 Å². The summed E-state index contributed by atoms with van der Waals surface area (Å²) in [6, 6.07) is 7.50. The summed E-state index contributed by atoms with van der Waals surface area (Å²) in [6.07, 6.45) is 2.73. The highest BCUT2D eigenvalue weighted by Crippen LogP contribution is 2.23. The van der Waals surface area contributed by atoms with E-state index in [1.807, 2.05) is 12.1 Å². The van der Waals surface area contributed by atoms with E-state index < -0.39 is 0 Å². The summed E-state index contributed by atoms with van der Waals surface area (Å²) in [5, 5.41) is 0.977. The van der Waals surface area contributed by atoms with Crippen LogP contribution in [0.15, 0.2) is 33.5 Å². The largest absolute Gasteiger partial charge is 0.423 e.